The lowest BCUT2D eigenvalue weighted by Gasteiger charge is -2.37. The van der Waals surface area contributed by atoms with Gasteiger partial charge in [-0.2, -0.15) is 0 Å². The van der Waals surface area contributed by atoms with Gasteiger partial charge in [-0.3, -0.25) is 4.99 Å². The molecule has 0 amide bonds. The third kappa shape index (κ3) is 3.61. The zero-order valence-corrected chi connectivity index (χ0v) is 19.7. The van der Waals surface area contributed by atoms with Crippen LogP contribution in [0, 0.1) is 12.7 Å². The van der Waals surface area contributed by atoms with Crippen LogP contribution in [0.25, 0.3) is 5.65 Å². The molecular formula is C21H24ClFN6O2S. The Labute approximate surface area is 190 Å². The fraction of sp³-hybridized carbons (Fsp3) is 0.381. The third-order valence-corrected chi connectivity index (χ3v) is 8.95. The summed E-state index contributed by atoms with van der Waals surface area (Å²) in [6.07, 6.45) is 2.84. The summed E-state index contributed by atoms with van der Waals surface area (Å²) in [6.45, 7) is 6.81. The molecule has 0 aromatic carbocycles. The number of nitrogens with zero attached hydrogens (tertiary/aromatic N) is 4. The van der Waals surface area contributed by atoms with Crippen molar-refractivity contribution in [3.05, 3.63) is 58.4 Å². The van der Waals surface area contributed by atoms with Gasteiger partial charge in [0.05, 0.1) is 29.2 Å². The van der Waals surface area contributed by atoms with Crippen LogP contribution in [0.2, 0.25) is 5.02 Å². The number of nitrogens with two attached hydrogens (primary N) is 1. The monoisotopic (exact) mass is 478 g/mol. The van der Waals surface area contributed by atoms with Crippen LogP contribution in [0.4, 0.5) is 10.2 Å². The van der Waals surface area contributed by atoms with Crippen molar-refractivity contribution in [2.45, 2.75) is 44.5 Å². The van der Waals surface area contributed by atoms with E-state index in [1.807, 2.05) is 17.4 Å². The SMILES string of the molecule is Cc1c(CNc2cc(C3(C)CS(=O)(=O)C(C)(C)C(N)=N3)c(F)cn2)nc2ccc(Cl)cn12. The van der Waals surface area contributed by atoms with Gasteiger partial charge in [-0.25, -0.2) is 22.8 Å². The highest BCUT2D eigenvalue weighted by molar-refractivity contribution is 7.93. The van der Waals surface area contributed by atoms with E-state index in [9.17, 15) is 12.8 Å². The number of hydrogen-bond acceptors (Lipinski definition) is 7. The maximum Gasteiger partial charge on any atom is 0.165 e. The van der Waals surface area contributed by atoms with E-state index in [0.29, 0.717) is 17.4 Å². The number of nitrogens with one attached hydrogen (secondary N) is 1. The highest BCUT2D eigenvalue weighted by Crippen LogP contribution is 2.38. The molecule has 0 aliphatic carbocycles. The summed E-state index contributed by atoms with van der Waals surface area (Å²) in [5.74, 6) is -0.687. The standard InChI is InChI=1S/C21H24ClFN6O2S/c1-12-16(27-18-6-5-13(22)10-29(12)18)9-26-17-7-14(15(23)8-25-17)21(4)11-32(30,31)20(2,3)19(24)28-21/h5-8,10H,9,11H2,1-4H3,(H2,24,28)(H,25,26). The fourth-order valence-electron chi connectivity index (χ4n) is 3.76. The number of aryl methyl sites for hydroxylation is 1. The lowest BCUT2D eigenvalue weighted by atomic mass is 9.94. The van der Waals surface area contributed by atoms with E-state index in [1.54, 1.807) is 19.2 Å². The highest BCUT2D eigenvalue weighted by Gasteiger charge is 2.49. The fourth-order valence-corrected chi connectivity index (χ4v) is 5.60. The first-order valence-electron chi connectivity index (χ1n) is 9.95. The van der Waals surface area contributed by atoms with E-state index in [0.717, 1.165) is 23.2 Å². The summed E-state index contributed by atoms with van der Waals surface area (Å²) >= 11 is 6.07. The molecule has 8 nitrogen and oxygen atoms in total. The van der Waals surface area contributed by atoms with Crippen molar-refractivity contribution in [2.75, 3.05) is 11.1 Å². The number of anilines is 1. The van der Waals surface area contributed by atoms with Crippen molar-refractivity contribution in [3.8, 4) is 0 Å². The molecular weight excluding hydrogens is 455 g/mol. The maximum absolute atomic E-state index is 14.8. The Balaban J connectivity index is 1.66. The second-order valence-corrected chi connectivity index (χ2v) is 11.6. The molecule has 0 fully saturated rings. The van der Waals surface area contributed by atoms with Crippen molar-refractivity contribution in [1.82, 2.24) is 14.4 Å². The van der Waals surface area contributed by atoms with E-state index in [2.05, 4.69) is 20.3 Å². The van der Waals surface area contributed by atoms with E-state index in [4.69, 9.17) is 17.3 Å². The molecule has 0 radical (unpaired) electrons. The second kappa shape index (κ2) is 7.41. The summed E-state index contributed by atoms with van der Waals surface area (Å²) in [5.41, 5.74) is 7.16. The molecule has 1 aliphatic rings. The van der Waals surface area contributed by atoms with Gasteiger partial charge in [0.25, 0.3) is 0 Å². The summed E-state index contributed by atoms with van der Waals surface area (Å²) in [4.78, 5) is 13.1. The van der Waals surface area contributed by atoms with Crippen molar-refractivity contribution < 1.29 is 12.8 Å². The van der Waals surface area contributed by atoms with Crippen molar-refractivity contribution in [1.29, 1.82) is 0 Å². The molecule has 0 bridgehead atoms. The topological polar surface area (TPSA) is 115 Å². The number of fused-ring (bicyclic) bond motifs is 1. The smallest absolute Gasteiger partial charge is 0.165 e. The van der Waals surface area contributed by atoms with Gasteiger partial charge in [0.2, 0.25) is 0 Å². The minimum absolute atomic E-state index is 0.0454. The lowest BCUT2D eigenvalue weighted by molar-refractivity contribution is 0.474. The van der Waals surface area contributed by atoms with Crippen molar-refractivity contribution >= 4 is 38.7 Å². The Kier molecular flexibility index (Phi) is 5.21. The lowest BCUT2D eigenvalue weighted by Crippen LogP contribution is -2.55. The first-order chi connectivity index (χ1) is 14.8. The molecule has 32 heavy (non-hydrogen) atoms. The van der Waals surface area contributed by atoms with E-state index in [-0.39, 0.29) is 17.2 Å². The zero-order valence-electron chi connectivity index (χ0n) is 18.1. The minimum atomic E-state index is -3.66. The number of rotatable bonds is 4. The first kappa shape index (κ1) is 22.5. The van der Waals surface area contributed by atoms with Gasteiger partial charge in [0.1, 0.15) is 33.4 Å². The van der Waals surface area contributed by atoms with E-state index < -0.39 is 25.9 Å². The van der Waals surface area contributed by atoms with Gasteiger partial charge < -0.3 is 15.5 Å². The molecule has 11 heteroatoms. The molecule has 1 unspecified atom stereocenters. The van der Waals surface area contributed by atoms with Crippen LogP contribution in [-0.2, 0) is 21.9 Å². The average Bonchev–Trinajstić information content (AvgIpc) is 3.01. The van der Waals surface area contributed by atoms with Crippen LogP contribution in [0.5, 0.6) is 0 Å². The van der Waals surface area contributed by atoms with Crippen LogP contribution in [0.3, 0.4) is 0 Å². The predicted octanol–water partition coefficient (Wildman–Crippen LogP) is 3.22. The Morgan fingerprint density at radius 3 is 2.72 bits per heavy atom. The van der Waals surface area contributed by atoms with Gasteiger partial charge in [0.15, 0.2) is 9.84 Å². The molecule has 0 saturated carbocycles. The number of sulfone groups is 1. The summed E-state index contributed by atoms with van der Waals surface area (Å²) in [5, 5.41) is 3.73. The number of halogens is 2. The summed E-state index contributed by atoms with van der Waals surface area (Å²) < 4.78 is 41.0. The van der Waals surface area contributed by atoms with E-state index >= 15 is 0 Å². The third-order valence-electron chi connectivity index (χ3n) is 6.02. The van der Waals surface area contributed by atoms with E-state index in [1.165, 1.54) is 19.9 Å². The Bertz CT molecular complexity index is 1370. The van der Waals surface area contributed by atoms with Crippen LogP contribution >= 0.6 is 11.6 Å². The van der Waals surface area contributed by atoms with Gasteiger partial charge in [0, 0.05) is 17.5 Å². The second-order valence-electron chi connectivity index (χ2n) is 8.66. The zero-order chi connectivity index (χ0) is 23.5. The largest absolute Gasteiger partial charge is 0.386 e. The van der Waals surface area contributed by atoms with Crippen molar-refractivity contribution in [3.63, 3.8) is 0 Å². The Hall–Kier alpha value is -2.72. The predicted molar refractivity (Wildman–Crippen MR) is 123 cm³/mol. The molecule has 3 aromatic rings. The van der Waals surface area contributed by atoms with Crippen LogP contribution in [0.15, 0.2) is 35.6 Å². The van der Waals surface area contributed by atoms with Crippen LogP contribution in [0.1, 0.15) is 37.7 Å². The van der Waals surface area contributed by atoms with Crippen LogP contribution in [-0.4, -0.2) is 39.1 Å². The minimum Gasteiger partial charge on any atom is -0.386 e. The Morgan fingerprint density at radius 2 is 2.03 bits per heavy atom. The molecule has 3 N–H and O–H groups in total. The van der Waals surface area contributed by atoms with Gasteiger partial charge in [-0.1, -0.05) is 11.6 Å². The molecule has 0 saturated heterocycles. The number of pyridine rings is 2. The molecule has 1 atom stereocenters. The Morgan fingerprint density at radius 1 is 1.31 bits per heavy atom. The van der Waals surface area contributed by atoms with Gasteiger partial charge in [-0.15, -0.1) is 0 Å². The van der Waals surface area contributed by atoms with Crippen molar-refractivity contribution in [2.24, 2.45) is 10.7 Å². The highest BCUT2D eigenvalue weighted by atomic mass is 35.5. The summed E-state index contributed by atoms with van der Waals surface area (Å²) in [6, 6.07) is 5.06. The number of imidazole rings is 1. The van der Waals surface area contributed by atoms with Gasteiger partial charge in [-0.05, 0) is 45.9 Å². The maximum atomic E-state index is 14.8. The molecule has 4 rings (SSSR count). The molecule has 170 valence electrons. The molecule has 1 aliphatic heterocycles. The molecule has 0 spiro atoms. The van der Waals surface area contributed by atoms with Crippen LogP contribution < -0.4 is 11.1 Å². The first-order valence-corrected chi connectivity index (χ1v) is 12.0. The number of amidine groups is 1. The number of hydrogen-bond donors (Lipinski definition) is 2. The number of aliphatic imine (C=N–C) groups is 1. The average molecular weight is 479 g/mol. The molecule has 4 heterocycles. The normalized spacial score (nSPS) is 22.0. The quantitative estimate of drug-likeness (QED) is 0.595. The number of aromatic nitrogens is 3. The molecule has 3 aromatic heterocycles. The van der Waals surface area contributed by atoms with Gasteiger partial charge >= 0.3 is 0 Å². The summed E-state index contributed by atoms with van der Waals surface area (Å²) in [7, 11) is -3.66.